The topological polar surface area (TPSA) is 68.8 Å². The minimum atomic E-state index is -0.386. The van der Waals surface area contributed by atoms with E-state index in [4.69, 9.17) is 14.2 Å². The zero-order chi connectivity index (χ0) is 26.6. The number of ketones is 1. The van der Waals surface area contributed by atoms with Gasteiger partial charge in [0.1, 0.15) is 5.75 Å². The normalized spacial score (nSPS) is 18.6. The number of rotatable bonds is 8. The van der Waals surface area contributed by atoms with E-state index in [1.165, 1.54) is 0 Å². The molecule has 1 heterocycles. The number of methoxy groups -OCH3 is 1. The average molecular weight is 513 g/mol. The van der Waals surface area contributed by atoms with Crippen LogP contribution in [0.2, 0.25) is 0 Å². The highest BCUT2D eigenvalue weighted by atomic mass is 16.5. The van der Waals surface area contributed by atoms with Gasteiger partial charge < -0.3 is 24.8 Å². The van der Waals surface area contributed by atoms with E-state index in [1.807, 2.05) is 68.4 Å². The van der Waals surface area contributed by atoms with E-state index in [0.29, 0.717) is 24.5 Å². The lowest BCUT2D eigenvalue weighted by atomic mass is 9.78. The molecule has 2 atom stereocenters. The molecule has 3 aromatic rings. The van der Waals surface area contributed by atoms with Crippen molar-refractivity contribution >= 4 is 17.2 Å². The molecule has 0 fully saturated rings. The summed E-state index contributed by atoms with van der Waals surface area (Å²) in [4.78, 5) is 14.0. The SMILES string of the molecule is CCCOc1ccc(C2CC(=O)C3=C(C2)Nc2ccccc2NC3c2cccc(OC)c2OC(C)C)cc1. The summed E-state index contributed by atoms with van der Waals surface area (Å²) in [7, 11) is 1.64. The Bertz CT molecular complexity index is 1330. The summed E-state index contributed by atoms with van der Waals surface area (Å²) in [6, 6.07) is 21.7. The summed E-state index contributed by atoms with van der Waals surface area (Å²) < 4.78 is 17.7. The van der Waals surface area contributed by atoms with Crippen LogP contribution in [0.15, 0.2) is 78.0 Å². The average Bonchev–Trinajstić information content (AvgIpc) is 3.09. The van der Waals surface area contributed by atoms with Gasteiger partial charge in [-0.05, 0) is 68.5 Å². The number of fused-ring (bicyclic) bond motifs is 1. The number of carbonyl (C=O) groups is 1. The van der Waals surface area contributed by atoms with Crippen LogP contribution < -0.4 is 24.8 Å². The molecule has 198 valence electrons. The van der Waals surface area contributed by atoms with Gasteiger partial charge in [-0.25, -0.2) is 0 Å². The Morgan fingerprint density at radius 2 is 1.71 bits per heavy atom. The van der Waals surface area contributed by atoms with Crippen LogP contribution in [-0.2, 0) is 4.79 Å². The van der Waals surface area contributed by atoms with E-state index >= 15 is 0 Å². The van der Waals surface area contributed by atoms with E-state index in [0.717, 1.165) is 52.4 Å². The third-order valence-electron chi connectivity index (χ3n) is 7.03. The highest BCUT2D eigenvalue weighted by Gasteiger charge is 2.37. The summed E-state index contributed by atoms with van der Waals surface area (Å²) in [5, 5.41) is 7.28. The Labute approximate surface area is 225 Å². The first kappa shape index (κ1) is 25.7. The molecule has 6 nitrogen and oxygen atoms in total. The molecule has 0 saturated heterocycles. The lowest BCUT2D eigenvalue weighted by molar-refractivity contribution is -0.116. The number of nitrogens with one attached hydrogen (secondary N) is 2. The molecule has 0 saturated carbocycles. The highest BCUT2D eigenvalue weighted by Crippen LogP contribution is 2.47. The Hall–Kier alpha value is -3.93. The molecule has 2 aliphatic rings. The maximum atomic E-state index is 14.0. The number of benzene rings is 3. The van der Waals surface area contributed by atoms with Crippen LogP contribution in [0, 0.1) is 0 Å². The number of allylic oxidation sites excluding steroid dienone is 1. The van der Waals surface area contributed by atoms with Gasteiger partial charge in [0.15, 0.2) is 17.3 Å². The first-order valence-electron chi connectivity index (χ1n) is 13.4. The Morgan fingerprint density at radius 1 is 0.947 bits per heavy atom. The van der Waals surface area contributed by atoms with E-state index < -0.39 is 0 Å². The predicted molar refractivity (Wildman–Crippen MR) is 151 cm³/mol. The van der Waals surface area contributed by atoms with Gasteiger partial charge in [-0.15, -0.1) is 0 Å². The van der Waals surface area contributed by atoms with E-state index in [9.17, 15) is 4.79 Å². The molecule has 0 spiro atoms. The van der Waals surface area contributed by atoms with E-state index in [1.54, 1.807) is 7.11 Å². The van der Waals surface area contributed by atoms with Crippen LogP contribution in [0.4, 0.5) is 11.4 Å². The summed E-state index contributed by atoms with van der Waals surface area (Å²) >= 11 is 0. The fourth-order valence-corrected chi connectivity index (χ4v) is 5.30. The van der Waals surface area contributed by atoms with Gasteiger partial charge in [0.2, 0.25) is 0 Å². The number of anilines is 2. The summed E-state index contributed by atoms with van der Waals surface area (Å²) in [6.07, 6.45) is 2.09. The highest BCUT2D eigenvalue weighted by molar-refractivity contribution is 6.01. The number of para-hydroxylation sites is 3. The molecule has 0 radical (unpaired) electrons. The van der Waals surface area contributed by atoms with Gasteiger partial charge in [0.25, 0.3) is 0 Å². The largest absolute Gasteiger partial charge is 0.494 e. The van der Waals surface area contributed by atoms with Gasteiger partial charge >= 0.3 is 0 Å². The molecule has 2 N–H and O–H groups in total. The van der Waals surface area contributed by atoms with Crippen LogP contribution in [0.3, 0.4) is 0 Å². The maximum Gasteiger partial charge on any atom is 0.167 e. The fourth-order valence-electron chi connectivity index (χ4n) is 5.30. The van der Waals surface area contributed by atoms with Crippen molar-refractivity contribution in [3.63, 3.8) is 0 Å². The van der Waals surface area contributed by atoms with Crippen molar-refractivity contribution in [1.29, 1.82) is 0 Å². The molecule has 2 unspecified atom stereocenters. The van der Waals surface area contributed by atoms with Crippen molar-refractivity contribution in [2.24, 2.45) is 0 Å². The molecule has 0 amide bonds. The third kappa shape index (κ3) is 5.21. The summed E-state index contributed by atoms with van der Waals surface area (Å²) in [5.74, 6) is 2.37. The van der Waals surface area contributed by atoms with E-state index in [2.05, 4.69) is 29.7 Å². The molecule has 0 bridgehead atoms. The van der Waals surface area contributed by atoms with Crippen LogP contribution in [0.25, 0.3) is 0 Å². The second-order valence-corrected chi connectivity index (χ2v) is 10.1. The molecule has 1 aliphatic carbocycles. The monoisotopic (exact) mass is 512 g/mol. The van der Waals surface area contributed by atoms with Crippen molar-refractivity contribution in [2.75, 3.05) is 24.4 Å². The lowest BCUT2D eigenvalue weighted by Crippen LogP contribution is -2.27. The first-order chi connectivity index (χ1) is 18.5. The zero-order valence-corrected chi connectivity index (χ0v) is 22.5. The Morgan fingerprint density at radius 3 is 2.42 bits per heavy atom. The number of ether oxygens (including phenoxy) is 3. The van der Waals surface area contributed by atoms with Gasteiger partial charge in [0, 0.05) is 23.3 Å². The Kier molecular flexibility index (Phi) is 7.59. The molecule has 3 aromatic carbocycles. The van der Waals surface area contributed by atoms with Crippen LogP contribution in [0.5, 0.6) is 17.2 Å². The van der Waals surface area contributed by atoms with Crippen molar-refractivity contribution in [1.82, 2.24) is 0 Å². The molecule has 5 rings (SSSR count). The van der Waals surface area contributed by atoms with Crippen molar-refractivity contribution < 1.29 is 19.0 Å². The van der Waals surface area contributed by atoms with E-state index in [-0.39, 0.29) is 23.8 Å². The standard InChI is InChI=1S/C32H36N2O4/c1-5-17-37-23-15-13-21(14-16-23)22-18-27-30(28(35)19-22)31(34-26-11-7-6-10-25(26)33-27)24-9-8-12-29(36-4)32(24)38-20(2)3/h6-16,20,22,31,33-34H,5,17-19H2,1-4H3. The molecule has 38 heavy (non-hydrogen) atoms. The van der Waals surface area contributed by atoms with Gasteiger partial charge in [-0.1, -0.05) is 43.3 Å². The van der Waals surface area contributed by atoms with Crippen LogP contribution in [0.1, 0.15) is 63.1 Å². The lowest BCUT2D eigenvalue weighted by Gasteiger charge is -2.31. The number of Topliss-reactive ketones (excluding diaryl/α,β-unsaturated/α-hetero) is 1. The molecule has 0 aromatic heterocycles. The molecule has 6 heteroatoms. The second kappa shape index (κ2) is 11.2. The summed E-state index contributed by atoms with van der Waals surface area (Å²) in [5.41, 5.74) is 5.61. The smallest absolute Gasteiger partial charge is 0.167 e. The fraction of sp³-hybridized carbons (Fsp3) is 0.344. The number of carbonyl (C=O) groups excluding carboxylic acids is 1. The molecule has 1 aliphatic heterocycles. The maximum absolute atomic E-state index is 14.0. The number of hydrogen-bond acceptors (Lipinski definition) is 6. The second-order valence-electron chi connectivity index (χ2n) is 10.1. The van der Waals surface area contributed by atoms with Crippen molar-refractivity contribution in [3.05, 3.63) is 89.1 Å². The predicted octanol–water partition coefficient (Wildman–Crippen LogP) is 7.25. The van der Waals surface area contributed by atoms with Crippen molar-refractivity contribution in [2.45, 2.75) is 58.1 Å². The molecular formula is C32H36N2O4. The van der Waals surface area contributed by atoms with Crippen molar-refractivity contribution in [3.8, 4) is 17.2 Å². The minimum absolute atomic E-state index is 0.0506. The van der Waals surface area contributed by atoms with Crippen LogP contribution >= 0.6 is 0 Å². The summed E-state index contributed by atoms with van der Waals surface area (Å²) in [6.45, 7) is 6.78. The minimum Gasteiger partial charge on any atom is -0.494 e. The Balaban J connectivity index is 1.57. The number of hydrogen-bond donors (Lipinski definition) is 2. The third-order valence-corrected chi connectivity index (χ3v) is 7.03. The van der Waals surface area contributed by atoms with Gasteiger partial charge in [-0.3, -0.25) is 4.79 Å². The van der Waals surface area contributed by atoms with Gasteiger partial charge in [0.05, 0.1) is 37.2 Å². The molecular weight excluding hydrogens is 476 g/mol. The first-order valence-corrected chi connectivity index (χ1v) is 13.4. The van der Waals surface area contributed by atoms with Gasteiger partial charge in [-0.2, -0.15) is 0 Å². The van der Waals surface area contributed by atoms with Crippen LogP contribution in [-0.4, -0.2) is 25.6 Å². The zero-order valence-electron chi connectivity index (χ0n) is 22.5. The quantitative estimate of drug-likeness (QED) is 0.331.